The maximum absolute atomic E-state index is 13.5. The monoisotopic (exact) mass is 1200 g/mol. The summed E-state index contributed by atoms with van der Waals surface area (Å²) < 4.78 is 40.6. The number of nitrogens with one attached hydrogen (secondary N) is 5. The molecule has 0 spiro atoms. The third-order valence-corrected chi connectivity index (χ3v) is 16.1. The van der Waals surface area contributed by atoms with Gasteiger partial charge in [0.05, 0.1) is 26.2 Å². The van der Waals surface area contributed by atoms with Gasteiger partial charge in [-0.25, -0.2) is 4.57 Å². The number of ether oxygens (including phenoxy) is 3. The fourth-order valence-electron chi connectivity index (χ4n) is 9.86. The van der Waals surface area contributed by atoms with Gasteiger partial charge in [-0.1, -0.05) is 219 Å². The summed E-state index contributed by atoms with van der Waals surface area (Å²) >= 11 is 0. The molecule has 5 atom stereocenters. The highest BCUT2D eigenvalue weighted by molar-refractivity contribution is 7.47. The van der Waals surface area contributed by atoms with Gasteiger partial charge < -0.3 is 45.4 Å². The molecule has 4 amide bonds. The van der Waals surface area contributed by atoms with Gasteiger partial charge in [0.15, 0.2) is 6.10 Å². The summed E-state index contributed by atoms with van der Waals surface area (Å²) in [5.74, 6) is -2.94. The van der Waals surface area contributed by atoms with Crippen LogP contribution in [0.1, 0.15) is 232 Å². The van der Waals surface area contributed by atoms with Crippen LogP contribution in [0.3, 0.4) is 0 Å². The Morgan fingerprint density at radius 2 is 1.18 bits per heavy atom. The predicted octanol–water partition coefficient (Wildman–Crippen LogP) is 13.1. The van der Waals surface area contributed by atoms with Crippen molar-refractivity contribution in [3.63, 3.8) is 0 Å². The van der Waals surface area contributed by atoms with Crippen LogP contribution >= 0.6 is 7.82 Å². The highest BCUT2D eigenvalue weighted by atomic mass is 31.2. The average Bonchev–Trinajstić information content (AvgIpc) is 3.59. The number of fused-ring (bicyclic) bond motifs is 1. The Morgan fingerprint density at radius 1 is 0.631 bits per heavy atom. The summed E-state index contributed by atoms with van der Waals surface area (Å²) in [6, 6.07) is 13.0. The van der Waals surface area contributed by atoms with E-state index in [0.717, 1.165) is 67.5 Å². The molecule has 3 aromatic rings. The maximum atomic E-state index is 13.5. The van der Waals surface area contributed by atoms with Crippen LogP contribution in [-0.2, 0) is 64.9 Å². The molecule has 18 nitrogen and oxygen atoms in total. The molecule has 6 N–H and O–H groups in total. The molecule has 3 rings (SSSR count). The van der Waals surface area contributed by atoms with Gasteiger partial charge in [0, 0.05) is 43.4 Å². The van der Waals surface area contributed by atoms with E-state index < -0.39 is 68.9 Å². The summed E-state index contributed by atoms with van der Waals surface area (Å²) in [6.45, 7) is 7.63. The Bertz CT molecular complexity index is 2350. The van der Waals surface area contributed by atoms with Crippen LogP contribution in [0.25, 0.3) is 10.9 Å². The smallest absolute Gasteiger partial charge is 0.472 e. The van der Waals surface area contributed by atoms with Gasteiger partial charge >= 0.3 is 19.8 Å². The molecule has 19 heteroatoms. The number of H-pyrrole nitrogens is 1. The van der Waals surface area contributed by atoms with Crippen molar-refractivity contribution in [2.24, 2.45) is 5.92 Å². The number of hydrogen-bond acceptors (Lipinski definition) is 12. The number of phosphoric acid groups is 1. The number of esters is 2. The van der Waals surface area contributed by atoms with Crippen molar-refractivity contribution >= 4 is 54.3 Å². The van der Waals surface area contributed by atoms with Crippen molar-refractivity contribution in [3.05, 3.63) is 65.9 Å². The fourth-order valence-corrected chi connectivity index (χ4v) is 10.6. The lowest BCUT2D eigenvalue weighted by Gasteiger charge is -2.24. The maximum Gasteiger partial charge on any atom is 0.472 e. The number of hydrogen-bond donors (Lipinski definition) is 6. The molecule has 0 radical (unpaired) electrons. The number of aromatic nitrogens is 1. The second-order valence-electron chi connectivity index (χ2n) is 22.6. The van der Waals surface area contributed by atoms with Crippen LogP contribution in [0.4, 0.5) is 0 Å². The third-order valence-electron chi connectivity index (χ3n) is 15.1. The molecule has 0 saturated heterocycles. The van der Waals surface area contributed by atoms with Crippen molar-refractivity contribution in [2.45, 2.75) is 252 Å². The standard InChI is InChI=1S/C65H106N5O13P/c1-6-9-11-13-15-17-19-21-23-25-27-29-34-38-61(73)80-49-56(83-62(74)39-35-30-28-26-24-22-20-18-16-14-12-10-7-2)47-68-64(75)59(69-52(5)71)50-82-84(77,78)81-43-42-66-65(76)63(51(4)8-3)70-60(72)44-54-46-67-58-41-40-55(45-57(54)58)79-48-53-36-32-31-33-37-53/h31-33,36-37,40-41,45-46,51,56,59,63,67H,6-30,34-35,38-39,42-44,47-50H2,1-5H3,(H,66,76)(H,68,75)(H,69,71)(H,70,72)(H,77,78)/t51-,56-,59+,63-/m0/s1. The van der Waals surface area contributed by atoms with Gasteiger partial charge in [0.25, 0.3) is 0 Å². The van der Waals surface area contributed by atoms with Crippen LogP contribution in [0, 0.1) is 5.92 Å². The van der Waals surface area contributed by atoms with Gasteiger partial charge in [-0.2, -0.15) is 0 Å². The zero-order valence-corrected chi connectivity index (χ0v) is 52.6. The molecule has 0 fully saturated rings. The van der Waals surface area contributed by atoms with E-state index in [1.54, 1.807) is 6.20 Å². The third kappa shape index (κ3) is 34.0. The number of amides is 4. The number of benzene rings is 2. The molecule has 0 saturated carbocycles. The topological polar surface area (TPSA) is 250 Å². The van der Waals surface area contributed by atoms with E-state index in [9.17, 15) is 38.2 Å². The minimum Gasteiger partial charge on any atom is -0.489 e. The van der Waals surface area contributed by atoms with Crippen molar-refractivity contribution in [3.8, 4) is 5.75 Å². The van der Waals surface area contributed by atoms with Crippen LogP contribution in [-0.4, -0.2) is 96.5 Å². The first kappa shape index (κ1) is 73.0. The zero-order valence-electron chi connectivity index (χ0n) is 51.8. The van der Waals surface area contributed by atoms with E-state index in [2.05, 4.69) is 40.1 Å². The molecule has 0 aliphatic heterocycles. The Morgan fingerprint density at radius 3 is 1.73 bits per heavy atom. The first-order valence-electron chi connectivity index (χ1n) is 32.0. The second kappa shape index (κ2) is 45.1. The first-order valence-corrected chi connectivity index (χ1v) is 33.5. The largest absolute Gasteiger partial charge is 0.489 e. The highest BCUT2D eigenvalue weighted by Gasteiger charge is 2.30. The number of aromatic amines is 1. The van der Waals surface area contributed by atoms with Crippen LogP contribution in [0.2, 0.25) is 0 Å². The summed E-state index contributed by atoms with van der Waals surface area (Å²) in [7, 11) is -4.86. The van der Waals surface area contributed by atoms with E-state index >= 15 is 0 Å². The van der Waals surface area contributed by atoms with E-state index in [4.69, 9.17) is 23.3 Å². The summed E-state index contributed by atoms with van der Waals surface area (Å²) in [5.41, 5.74) is 2.56. The number of carbonyl (C=O) groups excluding carboxylic acids is 6. The minimum absolute atomic E-state index is 0.0173. The van der Waals surface area contributed by atoms with Crippen molar-refractivity contribution in [2.75, 3.05) is 32.9 Å². The fraction of sp³-hybridized carbons (Fsp3) is 0.692. The van der Waals surface area contributed by atoms with Gasteiger partial charge in [-0.05, 0) is 48.1 Å². The van der Waals surface area contributed by atoms with Crippen LogP contribution < -0.4 is 26.0 Å². The van der Waals surface area contributed by atoms with Gasteiger partial charge in [-0.3, -0.25) is 37.8 Å². The Kier molecular flexibility index (Phi) is 39.2. The van der Waals surface area contributed by atoms with Gasteiger partial charge in [-0.15, -0.1) is 0 Å². The van der Waals surface area contributed by atoms with Crippen molar-refractivity contribution < 1.29 is 61.5 Å². The highest BCUT2D eigenvalue weighted by Crippen LogP contribution is 2.43. The van der Waals surface area contributed by atoms with E-state index in [-0.39, 0.29) is 50.8 Å². The number of rotatable bonds is 51. The Balaban J connectivity index is 1.47. The quantitative estimate of drug-likeness (QED) is 0.0175. The van der Waals surface area contributed by atoms with Crippen molar-refractivity contribution in [1.82, 2.24) is 26.3 Å². The van der Waals surface area contributed by atoms with E-state index in [1.807, 2.05) is 62.4 Å². The molecule has 1 unspecified atom stereocenters. The Labute approximate surface area is 502 Å². The normalized spacial score (nSPS) is 13.5. The van der Waals surface area contributed by atoms with Crippen LogP contribution in [0.5, 0.6) is 5.75 Å². The van der Waals surface area contributed by atoms with Crippen molar-refractivity contribution in [1.29, 1.82) is 0 Å². The molecular weight excluding hydrogens is 1090 g/mol. The van der Waals surface area contributed by atoms with E-state index in [0.29, 0.717) is 31.6 Å². The number of carbonyl (C=O) groups is 6. The van der Waals surface area contributed by atoms with Crippen LogP contribution in [0.15, 0.2) is 54.7 Å². The molecule has 0 aliphatic carbocycles. The SMILES string of the molecule is CCCCCCCCCCCCCCCC(=O)OC[C@H](CNC(=O)[C@@H](COP(=O)(O)OCCNC(=O)[C@@H](NC(=O)Cc1c[nH]c2ccc(OCc3ccccc3)cc12)[C@@H](C)CC)NC(C)=O)OC(=O)CCCCCCCCCCCCCCC. The van der Waals surface area contributed by atoms with Gasteiger partial charge in [0.2, 0.25) is 23.6 Å². The van der Waals surface area contributed by atoms with E-state index in [1.165, 1.54) is 116 Å². The molecule has 0 bridgehead atoms. The zero-order chi connectivity index (χ0) is 61.1. The lowest BCUT2D eigenvalue weighted by Crippen LogP contribution is -2.51. The summed E-state index contributed by atoms with van der Waals surface area (Å²) in [4.78, 5) is 92.3. The molecule has 84 heavy (non-hydrogen) atoms. The molecule has 474 valence electrons. The molecule has 0 aliphatic rings. The average molecular weight is 1200 g/mol. The number of phosphoric ester groups is 1. The first-order chi connectivity index (χ1) is 40.6. The second-order valence-corrected chi connectivity index (χ2v) is 24.0. The minimum atomic E-state index is -4.86. The van der Waals surface area contributed by atoms with Gasteiger partial charge in [0.1, 0.15) is 31.0 Å². The molecular formula is C65H106N5O13P. The number of unbranched alkanes of at least 4 members (excludes halogenated alkanes) is 24. The molecule has 2 aromatic carbocycles. The lowest BCUT2D eigenvalue weighted by molar-refractivity contribution is -0.159. The molecule has 1 heterocycles. The predicted molar refractivity (Wildman–Crippen MR) is 331 cm³/mol. The summed E-state index contributed by atoms with van der Waals surface area (Å²) in [6.07, 6.45) is 32.0. The Hall–Kier alpha value is -5.29. The lowest BCUT2D eigenvalue weighted by atomic mass is 9.98. The summed E-state index contributed by atoms with van der Waals surface area (Å²) in [5, 5.41) is 11.3. The molecule has 1 aromatic heterocycles.